The van der Waals surface area contributed by atoms with E-state index < -0.39 is 0 Å². The first-order chi connectivity index (χ1) is 10.4. The fourth-order valence-electron chi connectivity index (χ4n) is 2.95. The van der Waals surface area contributed by atoms with Gasteiger partial charge in [0.25, 0.3) is 0 Å². The van der Waals surface area contributed by atoms with Gasteiger partial charge in [0.1, 0.15) is 0 Å². The number of aromatic nitrogens is 1. The molecule has 21 heavy (non-hydrogen) atoms. The van der Waals surface area contributed by atoms with E-state index in [2.05, 4.69) is 52.5 Å². The van der Waals surface area contributed by atoms with Crippen LogP contribution in [0.2, 0.25) is 0 Å². The summed E-state index contributed by atoms with van der Waals surface area (Å²) >= 11 is 0. The number of pyridine rings is 1. The molecule has 0 saturated carbocycles. The lowest BCUT2D eigenvalue weighted by molar-refractivity contribution is 0.666. The van der Waals surface area contributed by atoms with Gasteiger partial charge in [-0.05, 0) is 42.1 Å². The van der Waals surface area contributed by atoms with Crippen molar-refractivity contribution in [2.75, 3.05) is 18.0 Å². The second-order valence-electron chi connectivity index (χ2n) is 5.62. The smallest absolute Gasteiger partial charge is 0.0601 e. The van der Waals surface area contributed by atoms with Crippen LogP contribution >= 0.6 is 0 Å². The minimum Gasteiger partial charge on any atom is -0.365 e. The maximum absolute atomic E-state index is 4.34. The van der Waals surface area contributed by atoms with Crippen LogP contribution in [-0.2, 0) is 19.5 Å². The number of benzene rings is 1. The molecule has 0 aliphatic carbocycles. The van der Waals surface area contributed by atoms with Crippen LogP contribution in [0.15, 0.2) is 42.7 Å². The molecule has 0 radical (unpaired) electrons. The molecule has 0 amide bonds. The largest absolute Gasteiger partial charge is 0.365 e. The Balaban J connectivity index is 1.78. The standard InChI is InChI=1S/C18H23N3/c1-2-9-19-12-16-7-10-20-13-18(16)21-11-8-15-5-3-4-6-17(15)14-21/h3-7,10,13,19H,2,8-9,11-12,14H2,1H3. The topological polar surface area (TPSA) is 28.2 Å². The normalized spacial score (nSPS) is 14.0. The van der Waals surface area contributed by atoms with E-state index in [1.165, 1.54) is 22.4 Å². The predicted octanol–water partition coefficient (Wildman–Crippen LogP) is 3.14. The molecule has 3 heteroatoms. The third-order valence-corrected chi connectivity index (χ3v) is 4.10. The second-order valence-corrected chi connectivity index (χ2v) is 5.62. The fourth-order valence-corrected chi connectivity index (χ4v) is 2.95. The molecule has 0 bridgehead atoms. The highest BCUT2D eigenvalue weighted by Gasteiger charge is 2.18. The Kier molecular flexibility index (Phi) is 4.51. The average molecular weight is 281 g/mol. The molecule has 1 N–H and O–H groups in total. The molecule has 3 rings (SSSR count). The van der Waals surface area contributed by atoms with Gasteiger partial charge in [0.05, 0.1) is 11.9 Å². The van der Waals surface area contributed by atoms with Gasteiger partial charge in [0.15, 0.2) is 0 Å². The van der Waals surface area contributed by atoms with Gasteiger partial charge in [-0.2, -0.15) is 0 Å². The molecular weight excluding hydrogens is 258 g/mol. The Bertz CT molecular complexity index is 595. The highest BCUT2D eigenvalue weighted by molar-refractivity contribution is 5.54. The van der Waals surface area contributed by atoms with E-state index in [9.17, 15) is 0 Å². The molecule has 1 aliphatic rings. The van der Waals surface area contributed by atoms with Gasteiger partial charge in [0.2, 0.25) is 0 Å². The van der Waals surface area contributed by atoms with Gasteiger partial charge in [-0.25, -0.2) is 0 Å². The van der Waals surface area contributed by atoms with Crippen molar-refractivity contribution in [2.24, 2.45) is 0 Å². The summed E-state index contributed by atoms with van der Waals surface area (Å²) in [6.07, 6.45) is 6.19. The zero-order valence-corrected chi connectivity index (χ0v) is 12.7. The number of hydrogen-bond donors (Lipinski definition) is 1. The van der Waals surface area contributed by atoms with E-state index in [1.54, 1.807) is 0 Å². The summed E-state index contributed by atoms with van der Waals surface area (Å²) in [6, 6.07) is 10.9. The molecule has 0 unspecified atom stereocenters. The summed E-state index contributed by atoms with van der Waals surface area (Å²) in [4.78, 5) is 6.79. The van der Waals surface area contributed by atoms with E-state index in [0.29, 0.717) is 0 Å². The van der Waals surface area contributed by atoms with Gasteiger partial charge < -0.3 is 10.2 Å². The third-order valence-electron chi connectivity index (χ3n) is 4.10. The average Bonchev–Trinajstić information content (AvgIpc) is 2.55. The highest BCUT2D eigenvalue weighted by atomic mass is 15.1. The molecule has 0 atom stereocenters. The van der Waals surface area contributed by atoms with Crippen LogP contribution in [-0.4, -0.2) is 18.1 Å². The maximum Gasteiger partial charge on any atom is 0.0601 e. The summed E-state index contributed by atoms with van der Waals surface area (Å²) in [5.41, 5.74) is 5.55. The van der Waals surface area contributed by atoms with E-state index in [0.717, 1.165) is 39.0 Å². The van der Waals surface area contributed by atoms with E-state index in [4.69, 9.17) is 0 Å². The van der Waals surface area contributed by atoms with Crippen molar-refractivity contribution >= 4 is 5.69 Å². The number of anilines is 1. The molecule has 110 valence electrons. The minimum absolute atomic E-state index is 0.920. The molecule has 2 aromatic rings. The number of rotatable bonds is 5. The first-order valence-corrected chi connectivity index (χ1v) is 7.84. The van der Waals surface area contributed by atoms with Gasteiger partial charge >= 0.3 is 0 Å². The summed E-state index contributed by atoms with van der Waals surface area (Å²) in [7, 11) is 0. The number of fused-ring (bicyclic) bond motifs is 1. The molecule has 1 aromatic carbocycles. The lowest BCUT2D eigenvalue weighted by atomic mass is 9.99. The Hall–Kier alpha value is -1.87. The van der Waals surface area contributed by atoms with Gasteiger partial charge in [-0.15, -0.1) is 0 Å². The van der Waals surface area contributed by atoms with Crippen molar-refractivity contribution in [2.45, 2.75) is 32.9 Å². The van der Waals surface area contributed by atoms with E-state index in [-0.39, 0.29) is 0 Å². The molecule has 3 nitrogen and oxygen atoms in total. The quantitative estimate of drug-likeness (QED) is 0.853. The van der Waals surface area contributed by atoms with Gasteiger partial charge in [-0.1, -0.05) is 31.2 Å². The van der Waals surface area contributed by atoms with Crippen molar-refractivity contribution in [3.8, 4) is 0 Å². The predicted molar refractivity (Wildman–Crippen MR) is 87.4 cm³/mol. The molecule has 1 aliphatic heterocycles. The van der Waals surface area contributed by atoms with Crippen LogP contribution in [0, 0.1) is 0 Å². The zero-order valence-electron chi connectivity index (χ0n) is 12.7. The van der Waals surface area contributed by atoms with E-state index >= 15 is 0 Å². The van der Waals surface area contributed by atoms with Crippen LogP contribution in [0.25, 0.3) is 0 Å². The van der Waals surface area contributed by atoms with Crippen molar-refractivity contribution in [3.63, 3.8) is 0 Å². The Morgan fingerprint density at radius 3 is 2.90 bits per heavy atom. The number of nitrogens with zero attached hydrogens (tertiary/aromatic N) is 2. The van der Waals surface area contributed by atoms with Crippen molar-refractivity contribution in [3.05, 3.63) is 59.4 Å². The summed E-state index contributed by atoms with van der Waals surface area (Å²) in [5.74, 6) is 0. The molecular formula is C18H23N3. The highest BCUT2D eigenvalue weighted by Crippen LogP contribution is 2.26. The monoisotopic (exact) mass is 281 g/mol. The maximum atomic E-state index is 4.34. The molecule has 0 saturated heterocycles. The Morgan fingerprint density at radius 2 is 2.05 bits per heavy atom. The van der Waals surface area contributed by atoms with E-state index in [1.807, 2.05) is 12.4 Å². The number of hydrogen-bond acceptors (Lipinski definition) is 3. The lowest BCUT2D eigenvalue weighted by Crippen LogP contribution is -2.31. The zero-order chi connectivity index (χ0) is 14.5. The van der Waals surface area contributed by atoms with Crippen LogP contribution in [0.4, 0.5) is 5.69 Å². The van der Waals surface area contributed by atoms with Crippen LogP contribution in [0.1, 0.15) is 30.0 Å². The Morgan fingerprint density at radius 1 is 1.19 bits per heavy atom. The fraction of sp³-hybridized carbons (Fsp3) is 0.389. The van der Waals surface area contributed by atoms with Crippen LogP contribution in [0.3, 0.4) is 0 Å². The summed E-state index contributed by atoms with van der Waals surface area (Å²) < 4.78 is 0. The number of nitrogens with one attached hydrogen (secondary N) is 1. The van der Waals surface area contributed by atoms with Crippen LogP contribution in [0.5, 0.6) is 0 Å². The molecule has 0 fully saturated rings. The van der Waals surface area contributed by atoms with Crippen LogP contribution < -0.4 is 10.2 Å². The first kappa shape index (κ1) is 14.1. The minimum atomic E-state index is 0.920. The summed E-state index contributed by atoms with van der Waals surface area (Å²) in [6.45, 7) is 6.24. The first-order valence-electron chi connectivity index (χ1n) is 7.84. The lowest BCUT2D eigenvalue weighted by Gasteiger charge is -2.32. The van der Waals surface area contributed by atoms with Gasteiger partial charge in [0, 0.05) is 25.8 Å². The van der Waals surface area contributed by atoms with Crippen molar-refractivity contribution in [1.82, 2.24) is 10.3 Å². The molecule has 0 spiro atoms. The molecule has 1 aromatic heterocycles. The van der Waals surface area contributed by atoms with Gasteiger partial charge in [-0.3, -0.25) is 4.98 Å². The molecule has 2 heterocycles. The third kappa shape index (κ3) is 3.24. The SMILES string of the molecule is CCCNCc1ccncc1N1CCc2ccccc2C1. The van der Waals surface area contributed by atoms with Crippen molar-refractivity contribution in [1.29, 1.82) is 0 Å². The summed E-state index contributed by atoms with van der Waals surface area (Å²) in [5, 5.41) is 3.50. The second kappa shape index (κ2) is 6.72. The Labute approximate surface area is 127 Å². The van der Waals surface area contributed by atoms with Crippen molar-refractivity contribution < 1.29 is 0 Å².